The maximum Gasteiger partial charge on any atom is 0.340 e. The molecule has 0 atom stereocenters. The molecule has 3 aromatic carbocycles. The van der Waals surface area contributed by atoms with E-state index in [1.54, 1.807) is 60.7 Å². The van der Waals surface area contributed by atoms with E-state index in [9.17, 15) is 15.0 Å². The molecule has 4 rings (SSSR count). The summed E-state index contributed by atoms with van der Waals surface area (Å²) in [6.45, 7) is 4.00. The number of carbonyl (C=O) groups excluding carboxylic acids is 1. The number of fused-ring (bicyclic) bond motifs is 1. The third-order valence-electron chi connectivity index (χ3n) is 4.32. The van der Waals surface area contributed by atoms with E-state index in [2.05, 4.69) is 0 Å². The molecule has 0 amide bonds. The second-order valence-electron chi connectivity index (χ2n) is 5.71. The van der Waals surface area contributed by atoms with Gasteiger partial charge in [-0.05, 0) is 30.3 Å². The van der Waals surface area contributed by atoms with Crippen molar-refractivity contribution in [1.82, 2.24) is 0 Å². The summed E-state index contributed by atoms with van der Waals surface area (Å²) in [5.74, 6) is -0.124. The van der Waals surface area contributed by atoms with Crippen molar-refractivity contribution < 1.29 is 19.7 Å². The van der Waals surface area contributed by atoms with Gasteiger partial charge >= 0.3 is 5.97 Å². The zero-order chi connectivity index (χ0) is 18.7. The van der Waals surface area contributed by atoms with Crippen molar-refractivity contribution in [2.45, 2.75) is 26.9 Å². The first-order valence-corrected chi connectivity index (χ1v) is 8.53. The van der Waals surface area contributed by atoms with Crippen molar-refractivity contribution in [3.05, 3.63) is 95.1 Å². The Morgan fingerprint density at radius 2 is 1.19 bits per heavy atom. The van der Waals surface area contributed by atoms with Crippen LogP contribution in [0.5, 0.6) is 11.5 Å². The molecule has 0 unspecified atom stereocenters. The van der Waals surface area contributed by atoms with E-state index < -0.39 is 11.6 Å². The Kier molecular flexibility index (Phi) is 5.91. The number of ether oxygens (including phenoxy) is 1. The molecule has 1 heterocycles. The lowest BCUT2D eigenvalue weighted by Crippen LogP contribution is -2.29. The summed E-state index contributed by atoms with van der Waals surface area (Å²) >= 11 is 0. The Hall–Kier alpha value is -3.27. The van der Waals surface area contributed by atoms with E-state index in [1.807, 2.05) is 26.0 Å². The van der Waals surface area contributed by atoms with Gasteiger partial charge < -0.3 is 14.9 Å². The topological polar surface area (TPSA) is 66.8 Å². The number of phenols is 2. The van der Waals surface area contributed by atoms with Gasteiger partial charge in [-0.2, -0.15) is 0 Å². The minimum atomic E-state index is -1.10. The van der Waals surface area contributed by atoms with E-state index in [4.69, 9.17) is 4.74 Å². The fourth-order valence-electron chi connectivity index (χ4n) is 3.20. The Balaban J connectivity index is 0.000000844. The van der Waals surface area contributed by atoms with Gasteiger partial charge in [-0.25, -0.2) is 4.79 Å². The summed E-state index contributed by atoms with van der Waals surface area (Å²) in [7, 11) is 0. The average molecular weight is 364 g/mol. The van der Waals surface area contributed by atoms with Gasteiger partial charge in [0.2, 0.25) is 0 Å². The molecule has 0 saturated carbocycles. The predicted octanol–water partition coefficient (Wildman–Crippen LogP) is 5.22. The van der Waals surface area contributed by atoms with Crippen LogP contribution in [0.3, 0.4) is 0 Å². The molecule has 0 aromatic heterocycles. The second kappa shape index (κ2) is 7.96. The first kappa shape index (κ1) is 20.0. The Bertz CT molecular complexity index is 866. The van der Waals surface area contributed by atoms with Crippen LogP contribution in [-0.2, 0) is 10.3 Å². The summed E-state index contributed by atoms with van der Waals surface area (Å²) in [6.07, 6.45) is 0. The quantitative estimate of drug-likeness (QED) is 0.612. The van der Waals surface area contributed by atoms with Gasteiger partial charge in [0.05, 0.1) is 5.56 Å². The fourth-order valence-corrected chi connectivity index (χ4v) is 3.20. The van der Waals surface area contributed by atoms with Crippen LogP contribution in [0.15, 0.2) is 72.8 Å². The van der Waals surface area contributed by atoms with Crippen molar-refractivity contribution in [3.63, 3.8) is 0 Å². The minimum absolute atomic E-state index is 0. The number of phenolic OH excluding ortho intramolecular Hbond substituents is 2. The molecule has 0 radical (unpaired) electrons. The SMILES string of the molecule is C.CC.O=C1OC(c2ccc(O)cc2)(c2ccc(O)cc2)c2ccccc21. The lowest BCUT2D eigenvalue weighted by atomic mass is 9.80. The van der Waals surface area contributed by atoms with Crippen molar-refractivity contribution >= 4 is 5.97 Å². The van der Waals surface area contributed by atoms with Crippen LogP contribution >= 0.6 is 0 Å². The molecule has 1 aliphatic heterocycles. The molecule has 0 bridgehead atoms. The predicted molar refractivity (Wildman–Crippen MR) is 106 cm³/mol. The van der Waals surface area contributed by atoms with Gasteiger partial charge in [0, 0.05) is 16.7 Å². The first-order chi connectivity index (χ1) is 12.6. The summed E-state index contributed by atoms with van der Waals surface area (Å²) in [4.78, 5) is 12.4. The van der Waals surface area contributed by atoms with Gasteiger partial charge in [0.1, 0.15) is 11.5 Å². The molecule has 2 N–H and O–H groups in total. The van der Waals surface area contributed by atoms with E-state index in [0.717, 1.165) is 16.7 Å². The average Bonchev–Trinajstić information content (AvgIpc) is 2.99. The van der Waals surface area contributed by atoms with Crippen molar-refractivity contribution in [2.24, 2.45) is 0 Å². The maximum absolute atomic E-state index is 12.4. The van der Waals surface area contributed by atoms with Crippen LogP contribution < -0.4 is 0 Å². The fraction of sp³-hybridized carbons (Fsp3) is 0.174. The van der Waals surface area contributed by atoms with Crippen LogP contribution in [0.25, 0.3) is 0 Å². The highest BCUT2D eigenvalue weighted by molar-refractivity contribution is 5.96. The number of carbonyl (C=O) groups is 1. The lowest BCUT2D eigenvalue weighted by molar-refractivity contribution is 0.0251. The van der Waals surface area contributed by atoms with Crippen LogP contribution in [-0.4, -0.2) is 16.2 Å². The molecular formula is C23H24O4. The van der Waals surface area contributed by atoms with Crippen LogP contribution in [0, 0.1) is 0 Å². The van der Waals surface area contributed by atoms with E-state index in [-0.39, 0.29) is 18.9 Å². The summed E-state index contributed by atoms with van der Waals surface area (Å²) < 4.78 is 5.87. The number of esters is 1. The standard InChI is InChI=1S/C20H14O4.C2H6.CH4/c21-15-9-5-13(6-10-15)20(14-7-11-16(22)12-8-14)18-4-2-1-3-17(18)19(23)24-20;1-2;/h1-12,21-22H;1-2H3;1H4. The van der Waals surface area contributed by atoms with Gasteiger partial charge in [-0.15, -0.1) is 0 Å². The van der Waals surface area contributed by atoms with Crippen molar-refractivity contribution in [2.75, 3.05) is 0 Å². The van der Waals surface area contributed by atoms with Crippen LogP contribution in [0.4, 0.5) is 0 Å². The number of aromatic hydroxyl groups is 2. The lowest BCUT2D eigenvalue weighted by Gasteiger charge is -2.30. The number of cyclic esters (lactones) is 1. The summed E-state index contributed by atoms with van der Waals surface area (Å²) in [5.41, 5.74) is 1.60. The molecule has 4 nitrogen and oxygen atoms in total. The van der Waals surface area contributed by atoms with Crippen LogP contribution in [0.2, 0.25) is 0 Å². The van der Waals surface area contributed by atoms with Crippen molar-refractivity contribution in [1.29, 1.82) is 0 Å². The van der Waals surface area contributed by atoms with Gasteiger partial charge in [-0.3, -0.25) is 0 Å². The third-order valence-corrected chi connectivity index (χ3v) is 4.32. The monoisotopic (exact) mass is 364 g/mol. The molecule has 3 aromatic rings. The molecule has 140 valence electrons. The van der Waals surface area contributed by atoms with Crippen LogP contribution in [0.1, 0.15) is 48.3 Å². The van der Waals surface area contributed by atoms with Gasteiger partial charge in [0.25, 0.3) is 0 Å². The van der Waals surface area contributed by atoms with Gasteiger partial charge in [-0.1, -0.05) is 63.7 Å². The highest BCUT2D eigenvalue weighted by Crippen LogP contribution is 2.47. The summed E-state index contributed by atoms with van der Waals surface area (Å²) in [6, 6.07) is 20.4. The number of hydrogen-bond acceptors (Lipinski definition) is 4. The van der Waals surface area contributed by atoms with Gasteiger partial charge in [0.15, 0.2) is 5.60 Å². The zero-order valence-corrected chi connectivity index (χ0v) is 14.6. The summed E-state index contributed by atoms with van der Waals surface area (Å²) in [5, 5.41) is 19.2. The highest BCUT2D eigenvalue weighted by atomic mass is 16.6. The highest BCUT2D eigenvalue weighted by Gasteiger charge is 2.48. The zero-order valence-electron chi connectivity index (χ0n) is 14.6. The van der Waals surface area contributed by atoms with E-state index >= 15 is 0 Å². The molecule has 27 heavy (non-hydrogen) atoms. The largest absolute Gasteiger partial charge is 0.508 e. The molecule has 0 saturated heterocycles. The Morgan fingerprint density at radius 3 is 1.67 bits per heavy atom. The number of hydrogen-bond donors (Lipinski definition) is 2. The number of rotatable bonds is 2. The Labute approximate surface area is 159 Å². The molecule has 0 aliphatic carbocycles. The molecule has 0 spiro atoms. The Morgan fingerprint density at radius 1 is 0.741 bits per heavy atom. The van der Waals surface area contributed by atoms with E-state index in [0.29, 0.717) is 5.56 Å². The minimum Gasteiger partial charge on any atom is -0.508 e. The molecule has 0 fully saturated rings. The van der Waals surface area contributed by atoms with Crippen molar-refractivity contribution in [3.8, 4) is 11.5 Å². The molecule has 4 heteroatoms. The number of benzene rings is 3. The first-order valence-electron chi connectivity index (χ1n) is 8.53. The normalized spacial score (nSPS) is 13.5. The third kappa shape index (κ3) is 3.26. The second-order valence-corrected chi connectivity index (χ2v) is 5.71. The smallest absolute Gasteiger partial charge is 0.340 e. The molecule has 1 aliphatic rings. The van der Waals surface area contributed by atoms with E-state index in [1.165, 1.54) is 0 Å². The molecular weight excluding hydrogens is 340 g/mol. The maximum atomic E-state index is 12.4.